The Morgan fingerprint density at radius 3 is 2.75 bits per heavy atom. The predicted molar refractivity (Wildman–Crippen MR) is 86.2 cm³/mol. The average molecular weight is 357 g/mol. The van der Waals surface area contributed by atoms with Crippen LogP contribution in [0.5, 0.6) is 11.6 Å². The molecule has 0 unspecified atom stereocenters. The molecular formula is C16H15ClF2N2O3. The Kier molecular flexibility index (Phi) is 5.92. The van der Waals surface area contributed by atoms with Crippen molar-refractivity contribution in [2.24, 2.45) is 0 Å². The van der Waals surface area contributed by atoms with Crippen LogP contribution in [0.2, 0.25) is 5.02 Å². The number of hydrogen-bond acceptors (Lipinski definition) is 4. The number of hydrogen-bond donors (Lipinski definition) is 1. The second-order valence-electron chi connectivity index (χ2n) is 4.73. The molecule has 0 saturated heterocycles. The minimum absolute atomic E-state index is 0.0232. The van der Waals surface area contributed by atoms with Crippen molar-refractivity contribution in [1.82, 2.24) is 4.98 Å². The standard InChI is InChI=1S/C16H15ClF2N2O3/c1-3-23-13-7-6-11(17)14(21-13)15(22)20-10-5-4-9(2)12(8-10)24-16(18)19/h4-8,16H,3H2,1-2H3,(H,20,22). The first kappa shape index (κ1) is 17.9. The number of ether oxygens (including phenoxy) is 2. The lowest BCUT2D eigenvalue weighted by Gasteiger charge is -2.11. The fourth-order valence-electron chi connectivity index (χ4n) is 1.90. The maximum atomic E-state index is 12.4. The molecule has 1 aromatic carbocycles. The second kappa shape index (κ2) is 7.92. The van der Waals surface area contributed by atoms with Crippen LogP contribution in [0, 0.1) is 6.92 Å². The van der Waals surface area contributed by atoms with Crippen LogP contribution >= 0.6 is 11.6 Å². The molecule has 1 N–H and O–H groups in total. The van der Waals surface area contributed by atoms with Gasteiger partial charge in [-0.15, -0.1) is 0 Å². The van der Waals surface area contributed by atoms with E-state index in [1.54, 1.807) is 32.0 Å². The van der Waals surface area contributed by atoms with Crippen molar-refractivity contribution in [3.05, 3.63) is 46.6 Å². The van der Waals surface area contributed by atoms with Gasteiger partial charge >= 0.3 is 6.61 Å². The number of benzene rings is 1. The summed E-state index contributed by atoms with van der Waals surface area (Å²) < 4.78 is 34.4. The summed E-state index contributed by atoms with van der Waals surface area (Å²) in [5, 5.41) is 2.69. The van der Waals surface area contributed by atoms with Gasteiger partial charge < -0.3 is 14.8 Å². The first-order chi connectivity index (χ1) is 11.4. The Morgan fingerprint density at radius 2 is 2.08 bits per heavy atom. The lowest BCUT2D eigenvalue weighted by atomic mass is 10.2. The number of rotatable bonds is 6. The molecule has 5 nitrogen and oxygen atoms in total. The van der Waals surface area contributed by atoms with Gasteiger partial charge in [-0.25, -0.2) is 4.98 Å². The maximum Gasteiger partial charge on any atom is 0.387 e. The van der Waals surface area contributed by atoms with Crippen LogP contribution in [-0.2, 0) is 0 Å². The minimum atomic E-state index is -2.95. The topological polar surface area (TPSA) is 60.5 Å². The van der Waals surface area contributed by atoms with E-state index in [9.17, 15) is 13.6 Å². The van der Waals surface area contributed by atoms with E-state index in [-0.39, 0.29) is 28.0 Å². The molecule has 1 heterocycles. The summed E-state index contributed by atoms with van der Waals surface area (Å²) in [4.78, 5) is 16.3. The minimum Gasteiger partial charge on any atom is -0.478 e. The van der Waals surface area contributed by atoms with Crippen LogP contribution in [0.15, 0.2) is 30.3 Å². The molecule has 0 aliphatic rings. The van der Waals surface area contributed by atoms with Gasteiger partial charge in [0.2, 0.25) is 5.88 Å². The predicted octanol–water partition coefficient (Wildman–Crippen LogP) is 4.30. The molecule has 0 aliphatic carbocycles. The van der Waals surface area contributed by atoms with E-state index < -0.39 is 12.5 Å². The molecule has 0 atom stereocenters. The van der Waals surface area contributed by atoms with Crippen LogP contribution in [-0.4, -0.2) is 24.1 Å². The Labute approximate surface area is 142 Å². The Morgan fingerprint density at radius 1 is 1.33 bits per heavy atom. The van der Waals surface area contributed by atoms with Crippen LogP contribution in [0.25, 0.3) is 0 Å². The van der Waals surface area contributed by atoms with Gasteiger partial charge in [0.15, 0.2) is 5.69 Å². The van der Waals surface area contributed by atoms with Crippen molar-refractivity contribution >= 4 is 23.2 Å². The lowest BCUT2D eigenvalue weighted by Crippen LogP contribution is -2.15. The zero-order valence-electron chi connectivity index (χ0n) is 13.0. The quantitative estimate of drug-likeness (QED) is 0.838. The summed E-state index contributed by atoms with van der Waals surface area (Å²) in [6, 6.07) is 7.46. The molecule has 1 amide bonds. The third kappa shape index (κ3) is 4.55. The summed E-state index contributed by atoms with van der Waals surface area (Å²) in [5.41, 5.74) is 0.767. The normalized spacial score (nSPS) is 10.6. The van der Waals surface area contributed by atoms with E-state index in [1.165, 1.54) is 12.1 Å². The zero-order chi connectivity index (χ0) is 17.7. The van der Waals surface area contributed by atoms with Crippen LogP contribution in [0.3, 0.4) is 0 Å². The number of aromatic nitrogens is 1. The summed E-state index contributed by atoms with van der Waals surface area (Å²) in [7, 11) is 0. The fourth-order valence-corrected chi connectivity index (χ4v) is 2.09. The Bertz CT molecular complexity index is 741. The summed E-state index contributed by atoms with van der Waals surface area (Å²) in [6.07, 6.45) is 0. The summed E-state index contributed by atoms with van der Waals surface area (Å²) >= 11 is 5.98. The molecular weight excluding hydrogens is 342 g/mol. The first-order valence-electron chi connectivity index (χ1n) is 7.07. The molecule has 1 aromatic heterocycles. The number of amides is 1. The number of pyridine rings is 1. The van der Waals surface area contributed by atoms with Gasteiger partial charge in [0, 0.05) is 17.8 Å². The van der Waals surface area contributed by atoms with E-state index in [0.29, 0.717) is 12.2 Å². The van der Waals surface area contributed by atoms with E-state index in [2.05, 4.69) is 15.0 Å². The van der Waals surface area contributed by atoms with Crippen molar-refractivity contribution in [2.45, 2.75) is 20.5 Å². The van der Waals surface area contributed by atoms with Crippen LogP contribution < -0.4 is 14.8 Å². The zero-order valence-corrected chi connectivity index (χ0v) is 13.7. The van der Waals surface area contributed by atoms with Gasteiger partial charge in [-0.3, -0.25) is 4.79 Å². The van der Waals surface area contributed by atoms with Gasteiger partial charge in [0.25, 0.3) is 5.91 Å². The highest BCUT2D eigenvalue weighted by molar-refractivity contribution is 6.34. The Balaban J connectivity index is 2.22. The van der Waals surface area contributed by atoms with Gasteiger partial charge in [-0.1, -0.05) is 17.7 Å². The van der Waals surface area contributed by atoms with E-state index in [4.69, 9.17) is 16.3 Å². The van der Waals surface area contributed by atoms with Crippen LogP contribution in [0.1, 0.15) is 23.0 Å². The molecule has 0 radical (unpaired) electrons. The highest BCUT2D eigenvalue weighted by atomic mass is 35.5. The molecule has 0 aliphatic heterocycles. The lowest BCUT2D eigenvalue weighted by molar-refractivity contribution is -0.0502. The molecule has 0 saturated carbocycles. The van der Waals surface area contributed by atoms with E-state index >= 15 is 0 Å². The third-order valence-corrected chi connectivity index (χ3v) is 3.29. The Hall–Kier alpha value is -2.41. The molecule has 0 spiro atoms. The number of aryl methyl sites for hydroxylation is 1. The molecule has 2 aromatic rings. The van der Waals surface area contributed by atoms with Crippen molar-refractivity contribution in [2.75, 3.05) is 11.9 Å². The first-order valence-corrected chi connectivity index (χ1v) is 7.44. The number of nitrogens with zero attached hydrogens (tertiary/aromatic N) is 1. The van der Waals surface area contributed by atoms with Crippen molar-refractivity contribution in [1.29, 1.82) is 0 Å². The van der Waals surface area contributed by atoms with Crippen molar-refractivity contribution < 1.29 is 23.0 Å². The van der Waals surface area contributed by atoms with Crippen LogP contribution in [0.4, 0.5) is 14.5 Å². The highest BCUT2D eigenvalue weighted by Gasteiger charge is 2.15. The molecule has 128 valence electrons. The van der Waals surface area contributed by atoms with Gasteiger partial charge in [-0.05, 0) is 31.5 Å². The number of anilines is 1. The van der Waals surface area contributed by atoms with E-state index in [1.807, 2.05) is 0 Å². The largest absolute Gasteiger partial charge is 0.478 e. The molecule has 2 rings (SSSR count). The molecule has 24 heavy (non-hydrogen) atoms. The second-order valence-corrected chi connectivity index (χ2v) is 5.13. The SMILES string of the molecule is CCOc1ccc(Cl)c(C(=O)Nc2ccc(C)c(OC(F)F)c2)n1. The van der Waals surface area contributed by atoms with E-state index in [0.717, 1.165) is 0 Å². The molecule has 8 heteroatoms. The van der Waals surface area contributed by atoms with Crippen molar-refractivity contribution in [3.8, 4) is 11.6 Å². The molecule has 0 bridgehead atoms. The average Bonchev–Trinajstić information content (AvgIpc) is 2.52. The highest BCUT2D eigenvalue weighted by Crippen LogP contribution is 2.25. The number of alkyl halides is 2. The maximum absolute atomic E-state index is 12.4. The fraction of sp³-hybridized carbons (Fsp3) is 0.250. The molecule has 0 fully saturated rings. The monoisotopic (exact) mass is 356 g/mol. The van der Waals surface area contributed by atoms with Gasteiger partial charge in [0.05, 0.1) is 11.6 Å². The van der Waals surface area contributed by atoms with Gasteiger partial charge in [0.1, 0.15) is 5.75 Å². The van der Waals surface area contributed by atoms with Gasteiger partial charge in [-0.2, -0.15) is 8.78 Å². The van der Waals surface area contributed by atoms with Crippen molar-refractivity contribution in [3.63, 3.8) is 0 Å². The number of carbonyl (C=O) groups excluding carboxylic acids is 1. The summed E-state index contributed by atoms with van der Waals surface area (Å²) in [6.45, 7) is 0.843. The number of carbonyl (C=O) groups is 1. The number of halogens is 3. The summed E-state index contributed by atoms with van der Waals surface area (Å²) in [5.74, 6) is -0.351. The number of nitrogens with one attached hydrogen (secondary N) is 1. The smallest absolute Gasteiger partial charge is 0.387 e. The third-order valence-electron chi connectivity index (χ3n) is 2.99.